The predicted octanol–water partition coefficient (Wildman–Crippen LogP) is 4.12. The number of hydrogen-bond acceptors (Lipinski definition) is 1. The van der Waals surface area contributed by atoms with E-state index in [0.717, 1.165) is 12.5 Å². The van der Waals surface area contributed by atoms with E-state index in [2.05, 4.69) is 48.5 Å². The fourth-order valence-electron chi connectivity index (χ4n) is 1.75. The van der Waals surface area contributed by atoms with Crippen molar-refractivity contribution < 1.29 is 4.74 Å². The molecule has 0 aromatic rings. The second-order valence-electron chi connectivity index (χ2n) is 5.77. The van der Waals surface area contributed by atoms with Crippen LogP contribution in [0.1, 0.15) is 54.9 Å². The van der Waals surface area contributed by atoms with Crippen LogP contribution in [0.25, 0.3) is 0 Å². The van der Waals surface area contributed by atoms with E-state index in [-0.39, 0.29) is 0 Å². The van der Waals surface area contributed by atoms with Gasteiger partial charge in [-0.3, -0.25) is 0 Å². The third-order valence-corrected chi connectivity index (χ3v) is 3.01. The van der Waals surface area contributed by atoms with Crippen molar-refractivity contribution in [2.24, 2.45) is 17.3 Å². The lowest BCUT2D eigenvalue weighted by atomic mass is 9.74. The average Bonchev–Trinajstić information content (AvgIpc) is 1.99. The lowest BCUT2D eigenvalue weighted by Crippen LogP contribution is -2.32. The Balaban J connectivity index is 4.24. The van der Waals surface area contributed by atoms with Crippen molar-refractivity contribution in [1.82, 2.24) is 0 Å². The van der Waals surface area contributed by atoms with Gasteiger partial charge in [0.15, 0.2) is 0 Å². The minimum atomic E-state index is 0.332. The second-order valence-corrected chi connectivity index (χ2v) is 5.77. The summed E-state index contributed by atoms with van der Waals surface area (Å²) in [6.45, 7) is 16.6. The average molecular weight is 200 g/mol. The van der Waals surface area contributed by atoms with E-state index in [9.17, 15) is 0 Å². The van der Waals surface area contributed by atoms with Crippen molar-refractivity contribution in [3.63, 3.8) is 0 Å². The van der Waals surface area contributed by atoms with Gasteiger partial charge in [0.05, 0.1) is 12.7 Å². The quantitative estimate of drug-likeness (QED) is 0.626. The molecular formula is C13H28O. The van der Waals surface area contributed by atoms with Crippen molar-refractivity contribution in [2.45, 2.75) is 61.0 Å². The highest BCUT2D eigenvalue weighted by Gasteiger charge is 2.29. The van der Waals surface area contributed by atoms with Crippen molar-refractivity contribution in [3.8, 4) is 0 Å². The molecule has 0 aliphatic heterocycles. The highest BCUT2D eigenvalue weighted by atomic mass is 16.5. The van der Waals surface area contributed by atoms with Crippen LogP contribution < -0.4 is 0 Å². The Morgan fingerprint density at radius 2 is 1.50 bits per heavy atom. The Morgan fingerprint density at radius 1 is 1.00 bits per heavy atom. The number of hydrogen-bond donors (Lipinski definition) is 0. The third kappa shape index (κ3) is 4.99. The minimum absolute atomic E-state index is 0.332. The smallest absolute Gasteiger partial charge is 0.0525 e. The molecule has 1 nitrogen and oxygen atoms in total. The molecule has 0 aliphatic carbocycles. The molecule has 0 fully saturated rings. The zero-order valence-corrected chi connectivity index (χ0v) is 11.1. The monoisotopic (exact) mass is 200 g/mol. The minimum Gasteiger partial charge on any atom is -0.378 e. The first-order chi connectivity index (χ1) is 6.28. The van der Waals surface area contributed by atoms with E-state index >= 15 is 0 Å². The molecule has 1 heteroatoms. The Kier molecular flexibility index (Phi) is 5.73. The van der Waals surface area contributed by atoms with Gasteiger partial charge in [0.25, 0.3) is 0 Å². The van der Waals surface area contributed by atoms with Gasteiger partial charge < -0.3 is 4.74 Å². The molecule has 0 aromatic carbocycles. The van der Waals surface area contributed by atoms with Gasteiger partial charge in [-0.2, -0.15) is 0 Å². The molecule has 14 heavy (non-hydrogen) atoms. The van der Waals surface area contributed by atoms with Crippen LogP contribution in [0.4, 0.5) is 0 Å². The van der Waals surface area contributed by atoms with E-state index < -0.39 is 0 Å². The van der Waals surface area contributed by atoms with Gasteiger partial charge in [-0.15, -0.1) is 0 Å². The fraction of sp³-hybridized carbons (Fsp3) is 1.00. The lowest BCUT2D eigenvalue weighted by Gasteiger charge is -2.35. The number of ether oxygens (including phenoxy) is 1. The number of rotatable bonds is 6. The largest absolute Gasteiger partial charge is 0.378 e. The summed E-state index contributed by atoms with van der Waals surface area (Å²) in [5.74, 6) is 1.43. The summed E-state index contributed by atoms with van der Waals surface area (Å²) in [5.41, 5.74) is 0.332. The Bertz CT molecular complexity index is 149. The van der Waals surface area contributed by atoms with E-state index in [1.165, 1.54) is 6.42 Å². The Labute approximate surface area is 90.2 Å². The van der Waals surface area contributed by atoms with Gasteiger partial charge in [0.1, 0.15) is 0 Å². The third-order valence-electron chi connectivity index (χ3n) is 3.01. The van der Waals surface area contributed by atoms with Crippen LogP contribution in [0.3, 0.4) is 0 Å². The molecule has 0 saturated heterocycles. The van der Waals surface area contributed by atoms with Crippen molar-refractivity contribution in [2.75, 3.05) is 6.61 Å². The maximum atomic E-state index is 5.77. The van der Waals surface area contributed by atoms with Crippen LogP contribution in [-0.4, -0.2) is 12.7 Å². The molecule has 0 bridgehead atoms. The zero-order valence-electron chi connectivity index (χ0n) is 11.1. The first-order valence-electron chi connectivity index (χ1n) is 5.89. The molecule has 1 atom stereocenters. The van der Waals surface area contributed by atoms with Gasteiger partial charge in [-0.25, -0.2) is 0 Å². The summed E-state index contributed by atoms with van der Waals surface area (Å²) >= 11 is 0. The van der Waals surface area contributed by atoms with Gasteiger partial charge in [-0.05, 0) is 37.5 Å². The lowest BCUT2D eigenvalue weighted by molar-refractivity contribution is -0.0162. The molecule has 86 valence electrons. The summed E-state index contributed by atoms with van der Waals surface area (Å²) < 4.78 is 5.77. The highest BCUT2D eigenvalue weighted by molar-refractivity contribution is 4.79. The van der Waals surface area contributed by atoms with Crippen LogP contribution in [0.2, 0.25) is 0 Å². The maximum Gasteiger partial charge on any atom is 0.0525 e. The molecule has 0 aliphatic rings. The summed E-state index contributed by atoms with van der Waals surface area (Å²) in [6, 6.07) is 0. The zero-order chi connectivity index (χ0) is 11.4. The van der Waals surface area contributed by atoms with E-state index in [1.54, 1.807) is 0 Å². The summed E-state index contributed by atoms with van der Waals surface area (Å²) in [7, 11) is 0. The van der Waals surface area contributed by atoms with Crippen LogP contribution in [0, 0.1) is 17.3 Å². The topological polar surface area (TPSA) is 9.23 Å². The molecular weight excluding hydrogens is 172 g/mol. The van der Waals surface area contributed by atoms with Crippen LogP contribution >= 0.6 is 0 Å². The standard InChI is InChI=1S/C13H28O/c1-10(2)8-13(7,11(3)4)9-14-12(5)6/h10-12H,8-9H2,1-7H3. The molecule has 0 N–H and O–H groups in total. The Hall–Kier alpha value is -0.0400. The first kappa shape index (κ1) is 14.0. The second kappa shape index (κ2) is 5.75. The molecule has 0 amide bonds. The summed E-state index contributed by atoms with van der Waals surface area (Å²) in [5, 5.41) is 0. The molecule has 0 radical (unpaired) electrons. The summed E-state index contributed by atoms with van der Waals surface area (Å²) in [6.07, 6.45) is 1.59. The summed E-state index contributed by atoms with van der Waals surface area (Å²) in [4.78, 5) is 0. The normalized spacial score (nSPS) is 16.7. The van der Waals surface area contributed by atoms with Gasteiger partial charge >= 0.3 is 0 Å². The van der Waals surface area contributed by atoms with Crippen molar-refractivity contribution in [3.05, 3.63) is 0 Å². The van der Waals surface area contributed by atoms with Gasteiger partial charge in [0, 0.05) is 0 Å². The van der Waals surface area contributed by atoms with Crippen LogP contribution in [-0.2, 0) is 4.74 Å². The van der Waals surface area contributed by atoms with E-state index in [1.807, 2.05) is 0 Å². The molecule has 0 spiro atoms. The van der Waals surface area contributed by atoms with Crippen LogP contribution in [0.5, 0.6) is 0 Å². The molecule has 0 saturated carbocycles. The molecule has 1 unspecified atom stereocenters. The van der Waals surface area contributed by atoms with Crippen LogP contribution in [0.15, 0.2) is 0 Å². The maximum absolute atomic E-state index is 5.77. The molecule has 0 rings (SSSR count). The molecule has 0 aromatic heterocycles. The molecule has 0 heterocycles. The SMILES string of the molecule is CC(C)CC(C)(COC(C)C)C(C)C. The predicted molar refractivity (Wildman–Crippen MR) is 63.5 cm³/mol. The fourth-order valence-corrected chi connectivity index (χ4v) is 1.75. The van der Waals surface area contributed by atoms with Gasteiger partial charge in [0.2, 0.25) is 0 Å². The van der Waals surface area contributed by atoms with Gasteiger partial charge in [-0.1, -0.05) is 34.6 Å². The van der Waals surface area contributed by atoms with Crippen molar-refractivity contribution in [1.29, 1.82) is 0 Å². The van der Waals surface area contributed by atoms with E-state index in [0.29, 0.717) is 17.4 Å². The van der Waals surface area contributed by atoms with E-state index in [4.69, 9.17) is 4.74 Å². The highest BCUT2D eigenvalue weighted by Crippen LogP contribution is 2.34. The first-order valence-corrected chi connectivity index (χ1v) is 5.89. The van der Waals surface area contributed by atoms with Crippen molar-refractivity contribution >= 4 is 0 Å². The Morgan fingerprint density at radius 3 is 1.79 bits per heavy atom.